The number of benzene rings is 1. The number of rotatable bonds is 4. The van der Waals surface area contributed by atoms with E-state index in [2.05, 4.69) is 0 Å². The van der Waals surface area contributed by atoms with Crippen molar-refractivity contribution in [3.8, 4) is 0 Å². The number of halogens is 1. The summed E-state index contributed by atoms with van der Waals surface area (Å²) in [6.07, 6.45) is 0. The molecule has 0 unspecified atom stereocenters. The Morgan fingerprint density at radius 1 is 1.35 bits per heavy atom. The van der Waals surface area contributed by atoms with Crippen molar-refractivity contribution in [3.63, 3.8) is 0 Å². The summed E-state index contributed by atoms with van der Waals surface area (Å²) < 4.78 is 26.3. The van der Waals surface area contributed by atoms with Crippen molar-refractivity contribution in [1.82, 2.24) is 4.31 Å². The van der Waals surface area contributed by atoms with Crippen LogP contribution in [0, 0.1) is 6.92 Å². The maximum atomic E-state index is 12.5. The van der Waals surface area contributed by atoms with Gasteiger partial charge >= 0.3 is 0 Å². The van der Waals surface area contributed by atoms with Crippen LogP contribution in [0.1, 0.15) is 10.4 Å². The van der Waals surface area contributed by atoms with Gasteiger partial charge in [-0.1, -0.05) is 11.6 Å². The van der Waals surface area contributed by atoms with Gasteiger partial charge in [-0.25, -0.2) is 8.42 Å². The molecule has 1 aromatic heterocycles. The molecular formula is C13H15ClN2O2S2. The summed E-state index contributed by atoms with van der Waals surface area (Å²) in [5.74, 6) is 0. The SMILES string of the molecule is Cc1ccsc1CN(C)S(=O)(=O)c1ccc(Cl)cc1N. The maximum Gasteiger partial charge on any atom is 0.245 e. The number of hydrogen-bond donors (Lipinski definition) is 1. The quantitative estimate of drug-likeness (QED) is 0.876. The highest BCUT2D eigenvalue weighted by Crippen LogP contribution is 2.27. The number of sulfonamides is 1. The van der Waals surface area contributed by atoms with E-state index in [4.69, 9.17) is 17.3 Å². The Morgan fingerprint density at radius 3 is 2.60 bits per heavy atom. The number of nitrogen functional groups attached to an aromatic ring is 1. The molecule has 0 bridgehead atoms. The van der Waals surface area contributed by atoms with E-state index in [-0.39, 0.29) is 10.6 Å². The van der Waals surface area contributed by atoms with E-state index in [9.17, 15) is 8.42 Å². The normalized spacial score (nSPS) is 12.0. The van der Waals surface area contributed by atoms with Crippen LogP contribution in [0.15, 0.2) is 34.5 Å². The topological polar surface area (TPSA) is 63.4 Å². The smallest absolute Gasteiger partial charge is 0.245 e. The monoisotopic (exact) mass is 330 g/mol. The Labute approximate surface area is 127 Å². The molecule has 0 atom stereocenters. The summed E-state index contributed by atoms with van der Waals surface area (Å²) in [6, 6.07) is 6.37. The molecule has 20 heavy (non-hydrogen) atoms. The minimum atomic E-state index is -3.62. The minimum Gasteiger partial charge on any atom is -0.398 e. The molecule has 2 rings (SSSR count). The predicted molar refractivity (Wildman–Crippen MR) is 83.6 cm³/mol. The van der Waals surface area contributed by atoms with E-state index in [0.29, 0.717) is 11.6 Å². The van der Waals surface area contributed by atoms with Gasteiger partial charge in [0.2, 0.25) is 10.0 Å². The van der Waals surface area contributed by atoms with Gasteiger partial charge in [0, 0.05) is 23.5 Å². The highest BCUT2D eigenvalue weighted by molar-refractivity contribution is 7.89. The molecular weight excluding hydrogens is 316 g/mol. The second kappa shape index (κ2) is 5.73. The van der Waals surface area contributed by atoms with Crippen LogP contribution in [0.3, 0.4) is 0 Å². The fraction of sp³-hybridized carbons (Fsp3) is 0.231. The van der Waals surface area contributed by atoms with E-state index in [1.165, 1.54) is 33.8 Å². The fourth-order valence-corrected chi connectivity index (χ4v) is 4.23. The molecule has 2 N–H and O–H groups in total. The van der Waals surface area contributed by atoms with Crippen molar-refractivity contribution in [2.75, 3.05) is 12.8 Å². The second-order valence-corrected chi connectivity index (χ2v) is 7.92. The van der Waals surface area contributed by atoms with Crippen molar-refractivity contribution in [1.29, 1.82) is 0 Å². The molecule has 0 spiro atoms. The third-order valence-corrected chi connectivity index (χ3v) is 6.11. The molecule has 4 nitrogen and oxygen atoms in total. The van der Waals surface area contributed by atoms with Crippen molar-refractivity contribution < 1.29 is 8.42 Å². The lowest BCUT2D eigenvalue weighted by molar-refractivity contribution is 0.469. The van der Waals surface area contributed by atoms with Crippen molar-refractivity contribution in [3.05, 3.63) is 45.1 Å². The van der Waals surface area contributed by atoms with Gasteiger partial charge in [-0.15, -0.1) is 11.3 Å². The molecule has 0 aliphatic rings. The molecule has 0 aliphatic heterocycles. The maximum absolute atomic E-state index is 12.5. The van der Waals surface area contributed by atoms with Crippen LogP contribution in [-0.4, -0.2) is 19.8 Å². The lowest BCUT2D eigenvalue weighted by atomic mass is 10.3. The largest absolute Gasteiger partial charge is 0.398 e. The van der Waals surface area contributed by atoms with Gasteiger partial charge < -0.3 is 5.73 Å². The molecule has 0 amide bonds. The Bertz CT molecular complexity index is 726. The van der Waals surface area contributed by atoms with Crippen molar-refractivity contribution >= 4 is 38.6 Å². The van der Waals surface area contributed by atoms with Gasteiger partial charge in [-0.05, 0) is 42.1 Å². The first-order chi connectivity index (χ1) is 9.32. The fourth-order valence-electron chi connectivity index (χ4n) is 1.78. The van der Waals surface area contributed by atoms with Crippen LogP contribution < -0.4 is 5.73 Å². The van der Waals surface area contributed by atoms with Crippen LogP contribution >= 0.6 is 22.9 Å². The average Bonchev–Trinajstić information content (AvgIpc) is 2.74. The van der Waals surface area contributed by atoms with Gasteiger partial charge in [0.15, 0.2) is 0 Å². The summed E-state index contributed by atoms with van der Waals surface area (Å²) in [6.45, 7) is 2.29. The zero-order valence-corrected chi connectivity index (χ0v) is 13.5. The van der Waals surface area contributed by atoms with E-state index in [1.54, 1.807) is 7.05 Å². The zero-order valence-electron chi connectivity index (χ0n) is 11.1. The first kappa shape index (κ1) is 15.3. The number of nitrogens with two attached hydrogens (primary N) is 1. The van der Waals surface area contributed by atoms with Gasteiger partial charge in [-0.3, -0.25) is 0 Å². The molecule has 108 valence electrons. The first-order valence-corrected chi connectivity index (χ1v) is 8.56. The number of nitrogens with zero attached hydrogens (tertiary/aromatic N) is 1. The highest BCUT2D eigenvalue weighted by atomic mass is 35.5. The molecule has 0 aliphatic carbocycles. The van der Waals surface area contributed by atoms with Crippen LogP contribution in [0.5, 0.6) is 0 Å². The number of aryl methyl sites for hydroxylation is 1. The third kappa shape index (κ3) is 2.98. The molecule has 0 saturated carbocycles. The summed E-state index contributed by atoms with van der Waals surface area (Å²) in [7, 11) is -2.08. The number of hydrogen-bond acceptors (Lipinski definition) is 4. The number of anilines is 1. The summed E-state index contributed by atoms with van der Waals surface area (Å²) in [5, 5.41) is 2.36. The van der Waals surface area contributed by atoms with Crippen LogP contribution in [0.2, 0.25) is 5.02 Å². The zero-order chi connectivity index (χ0) is 14.9. The molecule has 7 heteroatoms. The molecule has 0 fully saturated rings. The Balaban J connectivity index is 2.32. The summed E-state index contributed by atoms with van der Waals surface area (Å²) in [5.41, 5.74) is 7.00. The third-order valence-electron chi connectivity index (χ3n) is 2.99. The molecule has 1 aromatic carbocycles. The van der Waals surface area contributed by atoms with Gasteiger partial charge in [-0.2, -0.15) is 4.31 Å². The summed E-state index contributed by atoms with van der Waals surface area (Å²) >= 11 is 7.33. The molecule has 0 saturated heterocycles. The standard InChI is InChI=1S/C13H15ClN2O2S2/c1-9-5-6-19-12(9)8-16(2)20(17,18)13-4-3-10(14)7-11(13)15/h3-7H,8,15H2,1-2H3. The van der Waals surface area contributed by atoms with Gasteiger partial charge in [0.05, 0.1) is 5.69 Å². The first-order valence-electron chi connectivity index (χ1n) is 5.86. The lowest BCUT2D eigenvalue weighted by Gasteiger charge is -2.18. The Hall–Kier alpha value is -1.08. The van der Waals surface area contributed by atoms with Crippen molar-refractivity contribution in [2.24, 2.45) is 0 Å². The average molecular weight is 331 g/mol. The van der Waals surface area contributed by atoms with Crippen LogP contribution in [-0.2, 0) is 16.6 Å². The van der Waals surface area contributed by atoms with E-state index < -0.39 is 10.0 Å². The Morgan fingerprint density at radius 2 is 2.05 bits per heavy atom. The predicted octanol–water partition coefficient (Wildman–Crippen LogP) is 3.11. The highest BCUT2D eigenvalue weighted by Gasteiger charge is 2.24. The molecule has 0 radical (unpaired) electrons. The van der Waals surface area contributed by atoms with E-state index >= 15 is 0 Å². The number of thiophene rings is 1. The van der Waals surface area contributed by atoms with Crippen LogP contribution in [0.25, 0.3) is 0 Å². The van der Waals surface area contributed by atoms with Crippen molar-refractivity contribution in [2.45, 2.75) is 18.4 Å². The minimum absolute atomic E-state index is 0.0820. The Kier molecular flexibility index (Phi) is 4.39. The van der Waals surface area contributed by atoms with E-state index in [0.717, 1.165) is 10.4 Å². The lowest BCUT2D eigenvalue weighted by Crippen LogP contribution is -2.27. The summed E-state index contributed by atoms with van der Waals surface area (Å²) in [4.78, 5) is 1.10. The van der Waals surface area contributed by atoms with E-state index in [1.807, 2.05) is 18.4 Å². The molecule has 1 heterocycles. The van der Waals surface area contributed by atoms with Gasteiger partial charge in [0.1, 0.15) is 4.90 Å². The van der Waals surface area contributed by atoms with Crippen LogP contribution in [0.4, 0.5) is 5.69 Å². The second-order valence-electron chi connectivity index (χ2n) is 4.47. The molecule has 2 aromatic rings. The van der Waals surface area contributed by atoms with Gasteiger partial charge in [0.25, 0.3) is 0 Å².